The summed E-state index contributed by atoms with van der Waals surface area (Å²) in [7, 11) is 0. The van der Waals surface area contributed by atoms with E-state index >= 15 is 0 Å². The molecule has 5 nitrogen and oxygen atoms in total. The lowest BCUT2D eigenvalue weighted by molar-refractivity contribution is -0.906. The van der Waals surface area contributed by atoms with Gasteiger partial charge in [-0.25, -0.2) is 0 Å². The van der Waals surface area contributed by atoms with Gasteiger partial charge in [0.25, 0.3) is 5.09 Å². The van der Waals surface area contributed by atoms with Gasteiger partial charge in [-0.3, -0.25) is 0 Å². The fraction of sp³-hybridized carbons (Fsp3) is 0.333. The molecule has 0 heterocycles. The van der Waals surface area contributed by atoms with Crippen LogP contribution in [0.5, 0.6) is 0 Å². The van der Waals surface area contributed by atoms with E-state index in [1.165, 1.54) is 0 Å². The average molecular weight is 241 g/mol. The van der Waals surface area contributed by atoms with E-state index < -0.39 is 5.09 Å². The molecule has 0 aliphatic heterocycles. The maximum atomic E-state index is 8.36. The van der Waals surface area contributed by atoms with Crippen LogP contribution in [-0.4, -0.2) is 41.0 Å². The van der Waals surface area contributed by atoms with Gasteiger partial charge >= 0.3 is 0 Å². The molecule has 0 radical (unpaired) electrons. The second kappa shape index (κ2) is 10.6. The molecule has 0 aliphatic rings. The lowest BCUT2D eigenvalue weighted by Gasteiger charge is -2.35. The first-order valence-corrected chi connectivity index (χ1v) is 5.10. The molecule has 0 saturated heterocycles. The van der Waals surface area contributed by atoms with Crippen molar-refractivity contribution in [2.75, 3.05) is 26.2 Å². The van der Waals surface area contributed by atoms with Crippen LogP contribution in [0.1, 0.15) is 0 Å². The van der Waals surface area contributed by atoms with Gasteiger partial charge in [0.05, 0.1) is 26.2 Å². The summed E-state index contributed by atoms with van der Waals surface area (Å²) in [6.07, 6.45) is 7.76. The fourth-order valence-electron chi connectivity index (χ4n) is 1.54. The quantitative estimate of drug-likeness (QED) is 0.307. The SMILES string of the molecule is C=CC[N+](CC=C)(CC=C)CC=C.O=[N+]([O-])O. The zero-order chi connectivity index (χ0) is 13.7. The van der Waals surface area contributed by atoms with Crippen molar-refractivity contribution < 1.29 is 14.8 Å². The second-order valence-corrected chi connectivity index (χ2v) is 3.46. The van der Waals surface area contributed by atoms with E-state index in [9.17, 15) is 0 Å². The molecule has 0 aromatic heterocycles. The number of hydrogen-bond donors (Lipinski definition) is 1. The van der Waals surface area contributed by atoms with Crippen molar-refractivity contribution in [2.45, 2.75) is 0 Å². The van der Waals surface area contributed by atoms with Crippen molar-refractivity contribution in [3.8, 4) is 0 Å². The molecule has 0 saturated carbocycles. The molecule has 0 bridgehead atoms. The van der Waals surface area contributed by atoms with E-state index in [2.05, 4.69) is 26.3 Å². The van der Waals surface area contributed by atoms with Gasteiger partial charge in [0.2, 0.25) is 0 Å². The standard InChI is InChI=1S/C12H20N.HNO3/c1-5-9-13(10-6-2,11-7-3)12-8-4;2-1(3)4/h5-8H,1-4,9-12H2;(H,2,3,4)/q+1;. The predicted molar refractivity (Wildman–Crippen MR) is 69.3 cm³/mol. The van der Waals surface area contributed by atoms with Gasteiger partial charge in [-0.15, -0.1) is 10.1 Å². The van der Waals surface area contributed by atoms with Gasteiger partial charge in [-0.05, 0) is 24.3 Å². The maximum Gasteiger partial charge on any atom is 0.291 e. The Morgan fingerprint density at radius 3 is 1.24 bits per heavy atom. The number of hydrogen-bond acceptors (Lipinski definition) is 2. The molecule has 0 fully saturated rings. The van der Waals surface area contributed by atoms with E-state index in [0.717, 1.165) is 30.7 Å². The Balaban J connectivity index is 0. The van der Waals surface area contributed by atoms with Crippen molar-refractivity contribution in [1.82, 2.24) is 0 Å². The van der Waals surface area contributed by atoms with Gasteiger partial charge in [0.15, 0.2) is 0 Å². The van der Waals surface area contributed by atoms with E-state index in [0.29, 0.717) is 0 Å². The molecule has 0 rings (SSSR count). The molecular weight excluding hydrogens is 220 g/mol. The first-order chi connectivity index (χ1) is 7.97. The zero-order valence-corrected chi connectivity index (χ0v) is 10.1. The lowest BCUT2D eigenvalue weighted by atomic mass is 10.3. The average Bonchev–Trinajstić information content (AvgIpc) is 2.18. The summed E-state index contributed by atoms with van der Waals surface area (Å²) in [6.45, 7) is 18.8. The molecule has 0 unspecified atom stereocenters. The molecule has 0 aliphatic carbocycles. The van der Waals surface area contributed by atoms with Gasteiger partial charge in [-0.2, -0.15) is 0 Å². The molecule has 17 heavy (non-hydrogen) atoms. The Bertz CT molecular complexity index is 225. The first-order valence-electron chi connectivity index (χ1n) is 5.10. The van der Waals surface area contributed by atoms with E-state index in [1.807, 2.05) is 24.3 Å². The van der Waals surface area contributed by atoms with Crippen molar-refractivity contribution in [2.24, 2.45) is 0 Å². The van der Waals surface area contributed by atoms with E-state index in [1.54, 1.807) is 0 Å². The van der Waals surface area contributed by atoms with Crippen molar-refractivity contribution in [1.29, 1.82) is 0 Å². The minimum Gasteiger partial charge on any atom is -0.328 e. The third kappa shape index (κ3) is 10.4. The zero-order valence-electron chi connectivity index (χ0n) is 10.1. The molecule has 0 aromatic rings. The summed E-state index contributed by atoms with van der Waals surface area (Å²) < 4.78 is 0.903. The van der Waals surface area contributed by atoms with Crippen LogP contribution in [0.3, 0.4) is 0 Å². The van der Waals surface area contributed by atoms with Crippen molar-refractivity contribution in [3.63, 3.8) is 0 Å². The smallest absolute Gasteiger partial charge is 0.291 e. The highest BCUT2D eigenvalue weighted by Crippen LogP contribution is 2.07. The van der Waals surface area contributed by atoms with Crippen LogP contribution in [0.15, 0.2) is 50.6 Å². The fourth-order valence-corrected chi connectivity index (χ4v) is 1.54. The van der Waals surface area contributed by atoms with Crippen molar-refractivity contribution >= 4 is 0 Å². The van der Waals surface area contributed by atoms with Crippen LogP contribution < -0.4 is 0 Å². The van der Waals surface area contributed by atoms with Gasteiger partial charge in [0, 0.05) is 0 Å². The summed E-state index contributed by atoms with van der Waals surface area (Å²) in [5.74, 6) is 0. The molecule has 5 heteroatoms. The third-order valence-electron chi connectivity index (χ3n) is 2.07. The molecule has 0 amide bonds. The Labute approximate surface area is 102 Å². The third-order valence-corrected chi connectivity index (χ3v) is 2.07. The Morgan fingerprint density at radius 2 is 1.12 bits per heavy atom. The minimum atomic E-state index is -1.50. The predicted octanol–water partition coefficient (Wildman–Crippen LogP) is 2.20. The maximum absolute atomic E-state index is 8.36. The normalized spacial score (nSPS) is 9.41. The lowest BCUT2D eigenvalue weighted by Crippen LogP contribution is -2.48. The van der Waals surface area contributed by atoms with E-state index in [4.69, 9.17) is 15.3 Å². The summed E-state index contributed by atoms with van der Waals surface area (Å²) >= 11 is 0. The van der Waals surface area contributed by atoms with Crippen LogP contribution >= 0.6 is 0 Å². The monoisotopic (exact) mass is 241 g/mol. The highest BCUT2D eigenvalue weighted by atomic mass is 16.9. The molecule has 1 N–H and O–H groups in total. The largest absolute Gasteiger partial charge is 0.328 e. The van der Waals surface area contributed by atoms with Crippen LogP contribution in [-0.2, 0) is 0 Å². The summed E-state index contributed by atoms with van der Waals surface area (Å²) in [5.41, 5.74) is 0. The van der Waals surface area contributed by atoms with Crippen LogP contribution in [0.4, 0.5) is 0 Å². The van der Waals surface area contributed by atoms with Gasteiger partial charge < -0.3 is 9.69 Å². The number of quaternary nitrogens is 1. The molecule has 0 atom stereocenters. The van der Waals surface area contributed by atoms with Crippen LogP contribution in [0.2, 0.25) is 0 Å². The number of rotatable bonds is 8. The van der Waals surface area contributed by atoms with Crippen molar-refractivity contribution in [3.05, 3.63) is 60.7 Å². The topological polar surface area (TPSA) is 63.4 Å². The highest BCUT2D eigenvalue weighted by Gasteiger charge is 2.20. The summed E-state index contributed by atoms with van der Waals surface area (Å²) in [5, 5.41) is 13.6. The molecule has 0 spiro atoms. The van der Waals surface area contributed by atoms with Crippen LogP contribution in [0, 0.1) is 10.1 Å². The van der Waals surface area contributed by atoms with Gasteiger partial charge in [0.1, 0.15) is 0 Å². The molecule has 0 aromatic carbocycles. The Morgan fingerprint density at radius 1 is 0.941 bits per heavy atom. The number of nitrogens with zero attached hydrogens (tertiary/aromatic N) is 2. The highest BCUT2D eigenvalue weighted by molar-refractivity contribution is 4.79. The first kappa shape index (κ1) is 17.5. The van der Waals surface area contributed by atoms with Gasteiger partial charge in [-0.1, -0.05) is 26.3 Å². The minimum absolute atomic E-state index is 0.903. The van der Waals surface area contributed by atoms with E-state index in [-0.39, 0.29) is 0 Å². The van der Waals surface area contributed by atoms with Crippen LogP contribution in [0.25, 0.3) is 0 Å². The summed E-state index contributed by atoms with van der Waals surface area (Å²) in [4.78, 5) is 8.36. The molecular formula is C12H21N2O3+. The molecule has 96 valence electrons. The second-order valence-electron chi connectivity index (χ2n) is 3.46. The summed E-state index contributed by atoms with van der Waals surface area (Å²) in [6, 6.07) is 0. The Kier molecular flexibility index (Phi) is 11.0. The Hall–Kier alpha value is -1.88.